The number of hydrogen-bond acceptors (Lipinski definition) is 3. The summed E-state index contributed by atoms with van der Waals surface area (Å²) >= 11 is 3.65. The van der Waals surface area contributed by atoms with E-state index in [1.54, 1.807) is 0 Å². The highest BCUT2D eigenvalue weighted by molar-refractivity contribution is 7.98. The van der Waals surface area contributed by atoms with Crippen molar-refractivity contribution in [2.24, 2.45) is 0 Å². The summed E-state index contributed by atoms with van der Waals surface area (Å²) in [5.41, 5.74) is 17.7. The first-order valence-electron chi connectivity index (χ1n) is 15.8. The van der Waals surface area contributed by atoms with Gasteiger partial charge in [0.25, 0.3) is 0 Å². The van der Waals surface area contributed by atoms with Gasteiger partial charge in [0.2, 0.25) is 0 Å². The SMILES string of the molecule is Nc1c(SCc2ccc(-n3c4ccccc4c4ccccc43)cc2)cc(-c2cccc(-c3ccccc3)c2)c2sc3ccccc3c12. The van der Waals surface area contributed by atoms with E-state index in [1.807, 2.05) is 23.1 Å². The summed E-state index contributed by atoms with van der Waals surface area (Å²) in [6.45, 7) is 0. The lowest BCUT2D eigenvalue weighted by Crippen LogP contribution is -1.95. The van der Waals surface area contributed by atoms with Crippen molar-refractivity contribution >= 4 is 70.8 Å². The van der Waals surface area contributed by atoms with E-state index in [9.17, 15) is 0 Å². The molecule has 224 valence electrons. The van der Waals surface area contributed by atoms with Gasteiger partial charge in [-0.1, -0.05) is 115 Å². The Labute approximate surface area is 281 Å². The number of aromatic nitrogens is 1. The molecule has 9 rings (SSSR count). The van der Waals surface area contributed by atoms with Gasteiger partial charge in [-0.05, 0) is 64.7 Å². The van der Waals surface area contributed by atoms with Crippen molar-refractivity contribution in [1.82, 2.24) is 4.57 Å². The molecule has 0 saturated heterocycles. The number of nitrogens with zero attached hydrogens (tertiary/aromatic N) is 1. The standard InChI is InChI=1S/C43H30N2S2/c44-42-40(46-27-28-21-23-32(24-22-28)45-37-18-7-4-15-33(37)34-16-5-8-19-38(34)45)26-36(43-41(42)35-17-6-9-20-39(35)47-43)31-14-10-13-30(25-31)29-11-2-1-3-12-29/h1-26H,27,44H2. The maximum Gasteiger partial charge on any atom is 0.0547 e. The van der Waals surface area contributed by atoms with Gasteiger partial charge >= 0.3 is 0 Å². The largest absolute Gasteiger partial charge is 0.397 e. The van der Waals surface area contributed by atoms with Crippen molar-refractivity contribution in [3.8, 4) is 27.9 Å². The molecule has 7 aromatic carbocycles. The van der Waals surface area contributed by atoms with Gasteiger partial charge in [0.1, 0.15) is 0 Å². The van der Waals surface area contributed by atoms with Crippen LogP contribution in [0.15, 0.2) is 163 Å². The molecule has 0 aliphatic rings. The fourth-order valence-electron chi connectivity index (χ4n) is 6.83. The summed E-state index contributed by atoms with van der Waals surface area (Å²) in [5, 5.41) is 4.94. The molecule has 2 N–H and O–H groups in total. The Hall–Kier alpha value is -5.29. The molecule has 4 heteroatoms. The molecule has 0 radical (unpaired) electrons. The smallest absolute Gasteiger partial charge is 0.0547 e. The van der Waals surface area contributed by atoms with Crippen LogP contribution < -0.4 is 5.73 Å². The zero-order chi connectivity index (χ0) is 31.3. The summed E-state index contributed by atoms with van der Waals surface area (Å²) in [4.78, 5) is 1.12. The first-order valence-corrected chi connectivity index (χ1v) is 17.6. The molecule has 0 spiro atoms. The molecule has 2 aromatic heterocycles. The molecule has 2 heterocycles. The molecule has 0 aliphatic heterocycles. The molecule has 0 unspecified atom stereocenters. The molecule has 0 bridgehead atoms. The number of rotatable bonds is 6. The molecular formula is C43H30N2S2. The fourth-order valence-corrected chi connectivity index (χ4v) is 9.06. The predicted octanol–water partition coefficient (Wildman–Crippen LogP) is 12.4. The van der Waals surface area contributed by atoms with Gasteiger partial charge in [0.05, 0.1) is 16.7 Å². The van der Waals surface area contributed by atoms with Crippen molar-refractivity contribution in [3.05, 3.63) is 163 Å². The number of para-hydroxylation sites is 2. The molecule has 0 atom stereocenters. The third-order valence-corrected chi connectivity index (χ3v) is 11.4. The quantitative estimate of drug-likeness (QED) is 0.145. The number of hydrogen-bond donors (Lipinski definition) is 1. The highest BCUT2D eigenvalue weighted by atomic mass is 32.2. The molecule has 0 saturated carbocycles. The monoisotopic (exact) mass is 638 g/mol. The van der Waals surface area contributed by atoms with Crippen LogP contribution in [-0.4, -0.2) is 4.57 Å². The van der Waals surface area contributed by atoms with Gasteiger partial charge in [-0.3, -0.25) is 0 Å². The van der Waals surface area contributed by atoms with Gasteiger partial charge in [0.15, 0.2) is 0 Å². The van der Waals surface area contributed by atoms with E-state index in [1.165, 1.54) is 70.1 Å². The second-order valence-corrected chi connectivity index (χ2v) is 14.0. The Morgan fingerprint density at radius 2 is 1.17 bits per heavy atom. The van der Waals surface area contributed by atoms with E-state index in [2.05, 4.69) is 162 Å². The van der Waals surface area contributed by atoms with Gasteiger partial charge in [-0.25, -0.2) is 0 Å². The number of fused-ring (bicyclic) bond motifs is 6. The van der Waals surface area contributed by atoms with Crippen LogP contribution in [0.5, 0.6) is 0 Å². The number of benzene rings is 7. The van der Waals surface area contributed by atoms with E-state index in [-0.39, 0.29) is 0 Å². The average molecular weight is 639 g/mol. The van der Waals surface area contributed by atoms with Gasteiger partial charge in [-0.2, -0.15) is 0 Å². The Bertz CT molecular complexity index is 2520. The van der Waals surface area contributed by atoms with Crippen molar-refractivity contribution in [2.75, 3.05) is 5.73 Å². The lowest BCUT2D eigenvalue weighted by Gasteiger charge is -2.14. The summed E-state index contributed by atoms with van der Waals surface area (Å²) in [6, 6.07) is 56.8. The van der Waals surface area contributed by atoms with Crippen LogP contribution in [0.4, 0.5) is 5.69 Å². The molecule has 0 amide bonds. The third kappa shape index (κ3) is 4.80. The van der Waals surface area contributed by atoms with Crippen molar-refractivity contribution in [3.63, 3.8) is 0 Å². The number of thioether (sulfide) groups is 1. The molecule has 47 heavy (non-hydrogen) atoms. The summed E-state index contributed by atoms with van der Waals surface area (Å²) in [5.74, 6) is 0.828. The lowest BCUT2D eigenvalue weighted by atomic mass is 9.97. The number of thiophene rings is 1. The predicted molar refractivity (Wildman–Crippen MR) is 205 cm³/mol. The van der Waals surface area contributed by atoms with Crippen molar-refractivity contribution < 1.29 is 0 Å². The molecule has 9 aromatic rings. The maximum atomic E-state index is 7.04. The van der Waals surface area contributed by atoms with Gasteiger partial charge < -0.3 is 10.3 Å². The Morgan fingerprint density at radius 3 is 1.91 bits per heavy atom. The molecular weight excluding hydrogens is 609 g/mol. The summed E-state index contributed by atoms with van der Waals surface area (Å²) in [6.07, 6.45) is 0. The normalized spacial score (nSPS) is 11.7. The van der Waals surface area contributed by atoms with E-state index in [4.69, 9.17) is 5.73 Å². The number of nitrogen functional groups attached to an aromatic ring is 1. The Balaban J connectivity index is 1.10. The van der Waals surface area contributed by atoms with E-state index in [0.717, 1.165) is 21.7 Å². The van der Waals surface area contributed by atoms with Gasteiger partial charge in [-0.15, -0.1) is 23.1 Å². The molecule has 2 nitrogen and oxygen atoms in total. The topological polar surface area (TPSA) is 30.9 Å². The fraction of sp³-hybridized carbons (Fsp3) is 0.0233. The van der Waals surface area contributed by atoms with Crippen LogP contribution in [-0.2, 0) is 5.75 Å². The average Bonchev–Trinajstić information content (AvgIpc) is 3.69. The Morgan fingerprint density at radius 1 is 0.553 bits per heavy atom. The van der Waals surface area contributed by atoms with E-state index in [0.29, 0.717) is 0 Å². The van der Waals surface area contributed by atoms with Crippen molar-refractivity contribution in [1.29, 1.82) is 0 Å². The minimum atomic E-state index is 0.828. The maximum absolute atomic E-state index is 7.04. The van der Waals surface area contributed by atoms with Crippen LogP contribution in [0.25, 0.3) is 69.9 Å². The third-order valence-electron chi connectivity index (χ3n) is 9.10. The summed E-state index contributed by atoms with van der Waals surface area (Å²) in [7, 11) is 0. The highest BCUT2D eigenvalue weighted by Gasteiger charge is 2.18. The highest BCUT2D eigenvalue weighted by Crippen LogP contribution is 2.47. The van der Waals surface area contributed by atoms with Crippen LogP contribution in [0.2, 0.25) is 0 Å². The lowest BCUT2D eigenvalue weighted by molar-refractivity contribution is 1.17. The first-order chi connectivity index (χ1) is 23.2. The van der Waals surface area contributed by atoms with E-state index >= 15 is 0 Å². The van der Waals surface area contributed by atoms with Crippen LogP contribution in [0.1, 0.15) is 5.56 Å². The summed E-state index contributed by atoms with van der Waals surface area (Å²) < 4.78 is 4.87. The van der Waals surface area contributed by atoms with Gasteiger partial charge in [0, 0.05) is 52.8 Å². The minimum absolute atomic E-state index is 0.828. The molecule has 0 aliphatic carbocycles. The second-order valence-electron chi connectivity index (χ2n) is 11.9. The van der Waals surface area contributed by atoms with Crippen LogP contribution in [0, 0.1) is 0 Å². The molecule has 0 fully saturated rings. The van der Waals surface area contributed by atoms with E-state index < -0.39 is 0 Å². The number of nitrogens with two attached hydrogens (primary N) is 1. The van der Waals surface area contributed by atoms with Crippen molar-refractivity contribution in [2.45, 2.75) is 10.6 Å². The van der Waals surface area contributed by atoms with Crippen LogP contribution in [0.3, 0.4) is 0 Å². The zero-order valence-corrected chi connectivity index (χ0v) is 27.2. The Kier molecular flexibility index (Phi) is 6.85. The zero-order valence-electron chi connectivity index (χ0n) is 25.6. The minimum Gasteiger partial charge on any atom is -0.397 e. The first kappa shape index (κ1) is 28.0. The second kappa shape index (κ2) is 11.5. The number of anilines is 1. The van der Waals surface area contributed by atoms with Crippen LogP contribution >= 0.6 is 23.1 Å².